The molecule has 0 aliphatic carbocycles. The van der Waals surface area contributed by atoms with Gasteiger partial charge in [-0.25, -0.2) is 9.48 Å². The molecule has 0 saturated heterocycles. The van der Waals surface area contributed by atoms with Gasteiger partial charge in [0.15, 0.2) is 0 Å². The molecule has 0 aliphatic heterocycles. The Morgan fingerprint density at radius 1 is 1.11 bits per heavy atom. The van der Waals surface area contributed by atoms with Gasteiger partial charge in [-0.2, -0.15) is 5.10 Å². The number of alkyl carbamates (subject to hydrolysis) is 1. The normalized spacial score (nSPS) is 10.9. The number of amides is 1. The summed E-state index contributed by atoms with van der Waals surface area (Å²) in [5.74, 6) is 0. The monoisotopic (exact) mass is 361 g/mol. The molecule has 1 amide bonds. The van der Waals surface area contributed by atoms with Crippen molar-refractivity contribution >= 4 is 12.2 Å². The highest BCUT2D eigenvalue weighted by Crippen LogP contribution is 2.14. The quantitative estimate of drug-likeness (QED) is 0.707. The first-order chi connectivity index (χ1) is 13.1. The van der Waals surface area contributed by atoms with Gasteiger partial charge in [-0.15, -0.1) is 0 Å². The summed E-state index contributed by atoms with van der Waals surface area (Å²) in [7, 11) is 0. The van der Waals surface area contributed by atoms with Gasteiger partial charge >= 0.3 is 6.09 Å². The van der Waals surface area contributed by atoms with Gasteiger partial charge in [0, 0.05) is 12.2 Å². The highest BCUT2D eigenvalue weighted by atomic mass is 16.5. The molecule has 0 spiro atoms. The minimum atomic E-state index is -0.431. The predicted octanol–water partition coefficient (Wildman–Crippen LogP) is 4.43. The maximum atomic E-state index is 11.7. The topological polar surface area (TPSA) is 56.2 Å². The zero-order valence-corrected chi connectivity index (χ0v) is 15.6. The maximum absolute atomic E-state index is 11.7. The molecule has 5 nitrogen and oxygen atoms in total. The molecule has 0 saturated carbocycles. The van der Waals surface area contributed by atoms with E-state index >= 15 is 0 Å². The van der Waals surface area contributed by atoms with E-state index in [2.05, 4.69) is 16.5 Å². The van der Waals surface area contributed by atoms with Crippen LogP contribution in [0.5, 0.6) is 0 Å². The third-order valence-corrected chi connectivity index (χ3v) is 4.01. The fraction of sp³-hybridized carbons (Fsp3) is 0.182. The summed E-state index contributed by atoms with van der Waals surface area (Å²) in [5, 5.41) is 7.22. The van der Waals surface area contributed by atoms with Crippen LogP contribution in [0.4, 0.5) is 4.79 Å². The number of nitrogens with zero attached hydrogens (tertiary/aromatic N) is 2. The molecule has 3 rings (SSSR count). The SMILES string of the molecule is Cc1cc(C)n(-c2cccc(C=CCNC(=O)OCc3ccccc3)c2)n1. The maximum Gasteiger partial charge on any atom is 0.407 e. The van der Waals surface area contributed by atoms with Crippen LogP contribution in [-0.4, -0.2) is 22.4 Å². The predicted molar refractivity (Wildman–Crippen MR) is 107 cm³/mol. The Labute approximate surface area is 159 Å². The van der Waals surface area contributed by atoms with Crippen molar-refractivity contribution in [2.75, 3.05) is 6.54 Å². The Kier molecular flexibility index (Phi) is 6.05. The van der Waals surface area contributed by atoms with Crippen LogP contribution in [0.25, 0.3) is 11.8 Å². The molecule has 0 atom stereocenters. The van der Waals surface area contributed by atoms with E-state index in [1.807, 2.05) is 85.3 Å². The Hall–Kier alpha value is -3.34. The Morgan fingerprint density at radius 3 is 2.67 bits per heavy atom. The number of rotatable bonds is 6. The minimum Gasteiger partial charge on any atom is -0.445 e. The summed E-state index contributed by atoms with van der Waals surface area (Å²) in [6, 6.07) is 19.7. The Bertz CT molecular complexity index is 930. The van der Waals surface area contributed by atoms with Crippen LogP contribution in [-0.2, 0) is 11.3 Å². The molecule has 0 fully saturated rings. The summed E-state index contributed by atoms with van der Waals surface area (Å²) in [6.07, 6.45) is 3.43. The van der Waals surface area contributed by atoms with Crippen molar-refractivity contribution in [1.29, 1.82) is 0 Å². The minimum absolute atomic E-state index is 0.265. The zero-order valence-electron chi connectivity index (χ0n) is 15.6. The van der Waals surface area contributed by atoms with Crippen molar-refractivity contribution in [3.63, 3.8) is 0 Å². The first kappa shape index (κ1) is 18.5. The first-order valence-corrected chi connectivity index (χ1v) is 8.86. The van der Waals surface area contributed by atoms with E-state index in [0.717, 1.165) is 28.2 Å². The molecule has 0 bridgehead atoms. The summed E-state index contributed by atoms with van der Waals surface area (Å²) >= 11 is 0. The lowest BCUT2D eigenvalue weighted by Gasteiger charge is -2.06. The van der Waals surface area contributed by atoms with E-state index in [4.69, 9.17) is 4.74 Å². The molecule has 2 aromatic carbocycles. The molecule has 3 aromatic rings. The molecule has 5 heteroatoms. The standard InChI is InChI=1S/C22H23N3O2/c1-17-14-18(2)25(24-17)21-12-6-10-19(15-21)11-7-13-23-22(26)27-16-20-8-4-3-5-9-20/h3-12,14-15H,13,16H2,1-2H3,(H,23,26). The van der Waals surface area contributed by atoms with Crippen LogP contribution in [0.2, 0.25) is 0 Å². The summed E-state index contributed by atoms with van der Waals surface area (Å²) in [5.41, 5.74) is 5.10. The van der Waals surface area contributed by atoms with E-state index in [9.17, 15) is 4.79 Å². The second-order valence-corrected chi connectivity index (χ2v) is 6.28. The van der Waals surface area contributed by atoms with Crippen molar-refractivity contribution in [3.05, 3.63) is 89.3 Å². The van der Waals surface area contributed by atoms with Gasteiger partial charge in [0.25, 0.3) is 0 Å². The highest BCUT2D eigenvalue weighted by Gasteiger charge is 2.04. The lowest BCUT2D eigenvalue weighted by Crippen LogP contribution is -2.24. The van der Waals surface area contributed by atoms with E-state index in [1.165, 1.54) is 0 Å². The highest BCUT2D eigenvalue weighted by molar-refractivity contribution is 5.67. The smallest absolute Gasteiger partial charge is 0.407 e. The fourth-order valence-corrected chi connectivity index (χ4v) is 2.76. The second-order valence-electron chi connectivity index (χ2n) is 6.28. The average Bonchev–Trinajstić information content (AvgIpc) is 3.03. The molecule has 0 aliphatic rings. The van der Waals surface area contributed by atoms with Gasteiger partial charge in [-0.05, 0) is 43.2 Å². The van der Waals surface area contributed by atoms with Gasteiger partial charge in [-0.1, -0.05) is 54.6 Å². The second kappa shape index (κ2) is 8.85. The van der Waals surface area contributed by atoms with Crippen LogP contribution in [0.15, 0.2) is 66.7 Å². The van der Waals surface area contributed by atoms with Crippen LogP contribution < -0.4 is 5.32 Å². The summed E-state index contributed by atoms with van der Waals surface area (Å²) in [4.78, 5) is 11.7. The molecular weight excluding hydrogens is 338 g/mol. The van der Waals surface area contributed by atoms with Gasteiger partial charge in [0.2, 0.25) is 0 Å². The molecule has 1 heterocycles. The van der Waals surface area contributed by atoms with Crippen molar-refractivity contribution < 1.29 is 9.53 Å². The fourth-order valence-electron chi connectivity index (χ4n) is 2.76. The van der Waals surface area contributed by atoms with Gasteiger partial charge < -0.3 is 10.1 Å². The van der Waals surface area contributed by atoms with Crippen molar-refractivity contribution in [2.45, 2.75) is 20.5 Å². The number of aromatic nitrogens is 2. The van der Waals surface area contributed by atoms with Crippen LogP contribution in [0, 0.1) is 13.8 Å². The number of hydrogen-bond donors (Lipinski definition) is 1. The van der Waals surface area contributed by atoms with E-state index in [1.54, 1.807) is 0 Å². The van der Waals surface area contributed by atoms with Crippen molar-refractivity contribution in [2.24, 2.45) is 0 Å². The molecule has 0 unspecified atom stereocenters. The van der Waals surface area contributed by atoms with E-state index in [-0.39, 0.29) is 6.61 Å². The third kappa shape index (κ3) is 5.31. The number of nitrogens with one attached hydrogen (secondary N) is 1. The van der Waals surface area contributed by atoms with Gasteiger partial charge in [0.1, 0.15) is 6.61 Å². The van der Waals surface area contributed by atoms with Gasteiger partial charge in [-0.3, -0.25) is 0 Å². The zero-order chi connectivity index (χ0) is 19.1. The summed E-state index contributed by atoms with van der Waals surface area (Å²) in [6.45, 7) is 4.68. The van der Waals surface area contributed by atoms with Crippen LogP contribution >= 0.6 is 0 Å². The molecule has 138 valence electrons. The van der Waals surface area contributed by atoms with E-state index < -0.39 is 6.09 Å². The number of ether oxygens (including phenoxy) is 1. The lowest BCUT2D eigenvalue weighted by molar-refractivity contribution is 0.141. The number of benzene rings is 2. The average molecular weight is 361 g/mol. The molecule has 1 N–H and O–H groups in total. The Balaban J connectivity index is 1.50. The first-order valence-electron chi connectivity index (χ1n) is 8.86. The van der Waals surface area contributed by atoms with Crippen molar-refractivity contribution in [3.8, 4) is 5.69 Å². The third-order valence-electron chi connectivity index (χ3n) is 4.01. The number of aryl methyl sites for hydroxylation is 2. The Morgan fingerprint density at radius 2 is 1.93 bits per heavy atom. The largest absolute Gasteiger partial charge is 0.445 e. The molecule has 0 radical (unpaired) electrons. The number of carbonyl (C=O) groups is 1. The van der Waals surface area contributed by atoms with E-state index in [0.29, 0.717) is 6.54 Å². The number of hydrogen-bond acceptors (Lipinski definition) is 3. The molecule has 1 aromatic heterocycles. The van der Waals surface area contributed by atoms with Gasteiger partial charge in [0.05, 0.1) is 11.4 Å². The number of carbonyl (C=O) groups excluding carboxylic acids is 1. The summed E-state index contributed by atoms with van der Waals surface area (Å²) < 4.78 is 7.10. The van der Waals surface area contributed by atoms with Crippen LogP contribution in [0.1, 0.15) is 22.5 Å². The molecular formula is C22H23N3O2. The van der Waals surface area contributed by atoms with Crippen LogP contribution in [0.3, 0.4) is 0 Å². The van der Waals surface area contributed by atoms with Crippen molar-refractivity contribution in [1.82, 2.24) is 15.1 Å². The molecule has 27 heavy (non-hydrogen) atoms. The lowest BCUT2D eigenvalue weighted by atomic mass is 10.2.